The zero-order valence-electron chi connectivity index (χ0n) is 39.3. The third kappa shape index (κ3) is 15.3. The number of carbonyl (C=O) groups is 8. The van der Waals surface area contributed by atoms with Gasteiger partial charge in [-0.3, -0.25) is 28.8 Å². The van der Waals surface area contributed by atoms with Crippen molar-refractivity contribution in [3.8, 4) is 5.75 Å². The number of ketones is 1. The Morgan fingerprint density at radius 1 is 0.955 bits per heavy atom. The highest BCUT2D eigenvalue weighted by atomic mass is 19.4. The summed E-state index contributed by atoms with van der Waals surface area (Å²) in [4.78, 5) is 114. The highest BCUT2D eigenvalue weighted by Crippen LogP contribution is 2.26. The average Bonchev–Trinajstić information content (AvgIpc) is 3.75. The summed E-state index contributed by atoms with van der Waals surface area (Å²) in [6.45, 7) is 10.6. The minimum atomic E-state index is -4.95. The third-order valence-electron chi connectivity index (χ3n) is 11.8. The number of hydrogen-bond donors (Lipinski definition) is 4. The topological polar surface area (TPSA) is 236 Å². The molecule has 1 aromatic carbocycles. The van der Waals surface area contributed by atoms with Gasteiger partial charge in [-0.1, -0.05) is 60.1 Å². The lowest BCUT2D eigenvalue weighted by molar-refractivity contribution is -0.163. The quantitative estimate of drug-likeness (QED) is 0.150. The van der Waals surface area contributed by atoms with Gasteiger partial charge >= 0.3 is 24.2 Å². The first kappa shape index (κ1) is 54.9. The largest absolute Gasteiger partial charge is 0.497 e. The molecule has 4 N–H and O–H groups in total. The van der Waals surface area contributed by atoms with Crippen molar-refractivity contribution in [3.05, 3.63) is 29.8 Å². The van der Waals surface area contributed by atoms with Crippen LogP contribution in [0.4, 0.5) is 18.0 Å². The van der Waals surface area contributed by atoms with Gasteiger partial charge in [0, 0.05) is 20.0 Å². The summed E-state index contributed by atoms with van der Waals surface area (Å²) < 4.78 is 60.1. The van der Waals surface area contributed by atoms with Crippen molar-refractivity contribution >= 4 is 47.4 Å². The van der Waals surface area contributed by atoms with Gasteiger partial charge in [-0.25, -0.2) is 9.59 Å². The van der Waals surface area contributed by atoms with E-state index in [0.717, 1.165) is 11.8 Å². The fourth-order valence-electron chi connectivity index (χ4n) is 7.78. The number of amides is 5. The monoisotopic (exact) mass is 941 g/mol. The van der Waals surface area contributed by atoms with Gasteiger partial charge in [0.15, 0.2) is 18.5 Å². The highest BCUT2D eigenvalue weighted by Gasteiger charge is 2.44. The molecule has 2 heterocycles. The van der Waals surface area contributed by atoms with E-state index in [2.05, 4.69) is 15.4 Å². The first-order valence-electron chi connectivity index (χ1n) is 22.2. The van der Waals surface area contributed by atoms with Crippen LogP contribution in [0.15, 0.2) is 24.3 Å². The van der Waals surface area contributed by atoms with Crippen molar-refractivity contribution in [1.82, 2.24) is 25.8 Å². The number of esters is 2. The second kappa shape index (κ2) is 24.3. The molecule has 0 spiro atoms. The van der Waals surface area contributed by atoms with Crippen LogP contribution in [0, 0.1) is 23.7 Å². The molecule has 0 saturated carbocycles. The number of rotatable bonds is 10. The Balaban J connectivity index is 2.21. The van der Waals surface area contributed by atoms with Gasteiger partial charge in [0.1, 0.15) is 36.0 Å². The lowest BCUT2D eigenvalue weighted by Gasteiger charge is -2.35. The average molecular weight is 942 g/mol. The molecular weight excluding hydrogens is 876 g/mol. The molecule has 2 aliphatic heterocycles. The van der Waals surface area contributed by atoms with Gasteiger partial charge in [-0.15, -0.1) is 0 Å². The van der Waals surface area contributed by atoms with Crippen molar-refractivity contribution in [2.24, 2.45) is 23.7 Å². The molecule has 2 aliphatic rings. The van der Waals surface area contributed by atoms with Crippen molar-refractivity contribution in [3.63, 3.8) is 0 Å². The Morgan fingerprint density at radius 2 is 1.59 bits per heavy atom. The molecule has 0 bridgehead atoms. The van der Waals surface area contributed by atoms with Crippen LogP contribution < -0.4 is 20.7 Å². The first-order chi connectivity index (χ1) is 30.8. The number of alkyl halides is 3. The maximum absolute atomic E-state index is 14.5. The van der Waals surface area contributed by atoms with Crippen LogP contribution in [0.1, 0.15) is 93.1 Å². The number of hydrogen-bond acceptors (Lipinski definition) is 13. The summed E-state index contributed by atoms with van der Waals surface area (Å²) in [6, 6.07) is -0.607. The normalized spacial score (nSPS) is 27.7. The predicted octanol–water partition coefficient (Wildman–Crippen LogP) is 3.24. The Labute approximate surface area is 383 Å². The van der Waals surface area contributed by atoms with Crippen LogP contribution in [0.3, 0.4) is 0 Å². The molecule has 18 nitrogen and oxygen atoms in total. The number of carbonyl (C=O) groups excluding carboxylic acids is 8. The Morgan fingerprint density at radius 3 is 2.15 bits per heavy atom. The molecule has 0 unspecified atom stereocenters. The van der Waals surface area contributed by atoms with Crippen molar-refractivity contribution in [2.45, 2.75) is 149 Å². The molecule has 0 radical (unpaired) electrons. The highest BCUT2D eigenvalue weighted by molar-refractivity contribution is 6.05. The molecule has 2 fully saturated rings. The van der Waals surface area contributed by atoms with E-state index in [-0.39, 0.29) is 31.7 Å². The Kier molecular flexibility index (Phi) is 20.2. The lowest BCUT2D eigenvalue weighted by atomic mass is 9.91. The van der Waals surface area contributed by atoms with Gasteiger partial charge in [-0.2, -0.15) is 13.2 Å². The number of halogens is 3. The predicted molar refractivity (Wildman–Crippen MR) is 230 cm³/mol. The van der Waals surface area contributed by atoms with Crippen LogP contribution in [0.25, 0.3) is 0 Å². The second-order valence-electron chi connectivity index (χ2n) is 17.8. The number of Topliss-reactive ketones (excluding diaryl/α,β-unsaturated/α-hetero) is 1. The van der Waals surface area contributed by atoms with Crippen molar-refractivity contribution in [1.29, 1.82) is 0 Å². The van der Waals surface area contributed by atoms with E-state index < -0.39 is 133 Å². The third-order valence-corrected chi connectivity index (χ3v) is 11.8. The Hall–Kier alpha value is -5.47. The second-order valence-corrected chi connectivity index (χ2v) is 17.8. The zero-order valence-corrected chi connectivity index (χ0v) is 39.3. The van der Waals surface area contributed by atoms with Crippen molar-refractivity contribution in [2.75, 3.05) is 27.3 Å². The van der Waals surface area contributed by atoms with E-state index in [9.17, 15) is 56.6 Å². The van der Waals surface area contributed by atoms with Gasteiger partial charge in [0.05, 0.1) is 31.6 Å². The van der Waals surface area contributed by atoms with E-state index in [1.54, 1.807) is 52.0 Å². The SMILES string of the molecule is CC[C@H](C)[C@H]1NC(=O)[C@@H](NC(=O)OCC(F)(F)F)[C@@H](C)OC(=O)[C@H](Cc2ccc(OC)cc2)N(C)C(=O)[C@@H]2CCCN2C(=O)[C@H](CC(C)C)NC(=O)[C@@H](C)C(=O)[C@H](C(C)C)OC(=O)C[C@@H]1O. The molecule has 5 amide bonds. The van der Waals surface area contributed by atoms with Gasteiger partial charge in [-0.05, 0) is 68.6 Å². The number of nitrogens with one attached hydrogen (secondary N) is 3. The molecule has 370 valence electrons. The van der Waals surface area contributed by atoms with Crippen LogP contribution in [-0.4, -0.2) is 144 Å². The number of likely N-dealkylation sites (N-methyl/N-ethyl adjacent to an activating group) is 1. The number of aliphatic hydroxyl groups is 1. The number of aliphatic hydroxyl groups excluding tert-OH is 1. The molecule has 66 heavy (non-hydrogen) atoms. The molecule has 2 saturated heterocycles. The minimum absolute atomic E-state index is 0.106. The lowest BCUT2D eigenvalue weighted by Crippen LogP contribution is -2.59. The summed E-state index contributed by atoms with van der Waals surface area (Å²) in [6.07, 6.45) is -11.6. The van der Waals surface area contributed by atoms with Gasteiger partial charge in [0.25, 0.3) is 0 Å². The standard InChI is InChI=1S/C45H66F3N5O13/c1-11-25(6)35-33(54)21-34(55)66-38(24(4)5)37(56)26(7)39(57)49-30(19-23(2)3)41(59)53-18-12-13-31(53)42(60)52(9)32(20-28-14-16-29(63-10)17-15-28)43(61)65-27(8)36(40(58)50-35)51-44(62)64-22-45(46,47)48/h14-17,23-27,30-33,35-36,38,54H,11-13,18-22H2,1-10H3,(H,49,57)(H,50,58)(H,51,62)/t25-,26-,27+,30-,31-,32-,33-,35+,36-,38-/m0/s1. The summed E-state index contributed by atoms with van der Waals surface area (Å²) >= 11 is 0. The first-order valence-corrected chi connectivity index (χ1v) is 22.2. The maximum Gasteiger partial charge on any atom is 0.422 e. The number of alkyl carbamates (subject to hydrolysis) is 1. The molecular formula is C45H66F3N5O13. The summed E-state index contributed by atoms with van der Waals surface area (Å²) in [7, 11) is 2.77. The van der Waals surface area contributed by atoms with Crippen LogP contribution in [0.5, 0.6) is 5.75 Å². The number of benzene rings is 1. The molecule has 1 aromatic rings. The zero-order chi connectivity index (χ0) is 49.8. The fourth-order valence-corrected chi connectivity index (χ4v) is 7.78. The van der Waals surface area contributed by atoms with Crippen LogP contribution in [-0.2, 0) is 54.2 Å². The number of nitrogens with zero attached hydrogens (tertiary/aromatic N) is 2. The number of cyclic esters (lactones) is 2. The number of methoxy groups -OCH3 is 1. The molecule has 10 atom stereocenters. The molecule has 0 aromatic heterocycles. The van der Waals surface area contributed by atoms with E-state index >= 15 is 0 Å². The maximum atomic E-state index is 14.5. The summed E-state index contributed by atoms with van der Waals surface area (Å²) in [5.74, 6) is -8.69. The molecule has 0 aliphatic carbocycles. The summed E-state index contributed by atoms with van der Waals surface area (Å²) in [5, 5.41) is 18.7. The van der Waals surface area contributed by atoms with E-state index in [1.165, 1.54) is 26.0 Å². The molecule has 21 heteroatoms. The number of ether oxygens (including phenoxy) is 4. The fraction of sp³-hybridized carbons (Fsp3) is 0.689. The van der Waals surface area contributed by atoms with E-state index in [1.807, 2.05) is 19.2 Å². The minimum Gasteiger partial charge on any atom is -0.497 e. The summed E-state index contributed by atoms with van der Waals surface area (Å²) in [5.41, 5.74) is 0.511. The van der Waals surface area contributed by atoms with Gasteiger partial charge < -0.3 is 49.8 Å². The van der Waals surface area contributed by atoms with Crippen molar-refractivity contribution < 1.29 is 75.6 Å². The van der Waals surface area contributed by atoms with E-state index in [0.29, 0.717) is 24.2 Å². The van der Waals surface area contributed by atoms with Gasteiger partial charge in [0.2, 0.25) is 23.6 Å². The number of fused-ring (bicyclic) bond motifs is 1. The Bertz CT molecular complexity index is 1880. The van der Waals surface area contributed by atoms with E-state index in [4.69, 9.17) is 14.2 Å². The van der Waals surface area contributed by atoms with Crippen LogP contribution in [0.2, 0.25) is 0 Å². The van der Waals surface area contributed by atoms with Crippen LogP contribution >= 0.6 is 0 Å². The molecule has 3 rings (SSSR count). The smallest absolute Gasteiger partial charge is 0.422 e.